The fraction of sp³-hybridized carbons (Fsp3) is 0.478. The number of piperidine rings is 1. The molecule has 2 amide bonds. The summed E-state index contributed by atoms with van der Waals surface area (Å²) in [6.07, 6.45) is 9.16. The maximum atomic E-state index is 12.9. The molecular weight excluding hydrogens is 378 g/mol. The number of anilines is 1. The SMILES string of the molecule is NC(=O)c1ccc(-c2cnc(N)nc2C2CCCN(C(=O)CC3CCCC3)C2)cc1. The number of aromatic nitrogens is 2. The molecule has 7 heteroatoms. The molecule has 4 N–H and O–H groups in total. The fourth-order valence-electron chi connectivity index (χ4n) is 4.77. The largest absolute Gasteiger partial charge is 0.368 e. The van der Waals surface area contributed by atoms with E-state index in [0.29, 0.717) is 24.4 Å². The Kier molecular flexibility index (Phi) is 5.97. The number of hydrogen-bond acceptors (Lipinski definition) is 5. The van der Waals surface area contributed by atoms with Gasteiger partial charge in [0, 0.05) is 42.8 Å². The quantitative estimate of drug-likeness (QED) is 0.790. The second-order valence-electron chi connectivity index (χ2n) is 8.50. The minimum absolute atomic E-state index is 0.113. The van der Waals surface area contributed by atoms with Gasteiger partial charge in [-0.05, 0) is 49.3 Å². The molecule has 1 saturated carbocycles. The second-order valence-corrected chi connectivity index (χ2v) is 8.50. The highest BCUT2D eigenvalue weighted by atomic mass is 16.2. The Hall–Kier alpha value is -2.96. The molecule has 4 rings (SSSR count). The first-order valence-electron chi connectivity index (χ1n) is 10.8. The molecule has 2 fully saturated rings. The zero-order chi connectivity index (χ0) is 21.1. The molecule has 0 spiro atoms. The smallest absolute Gasteiger partial charge is 0.248 e. The second kappa shape index (κ2) is 8.81. The molecule has 1 atom stereocenters. The average molecular weight is 408 g/mol. The van der Waals surface area contributed by atoms with Crippen LogP contribution in [0.1, 0.15) is 66.9 Å². The van der Waals surface area contributed by atoms with Gasteiger partial charge in [0.05, 0.1) is 5.69 Å². The molecule has 1 aromatic carbocycles. The van der Waals surface area contributed by atoms with E-state index in [9.17, 15) is 9.59 Å². The number of primary amides is 1. The number of nitrogen functional groups attached to an aromatic ring is 1. The van der Waals surface area contributed by atoms with Crippen molar-refractivity contribution >= 4 is 17.8 Å². The van der Waals surface area contributed by atoms with Crippen LogP contribution in [0.15, 0.2) is 30.5 Å². The summed E-state index contributed by atoms with van der Waals surface area (Å²) < 4.78 is 0. The van der Waals surface area contributed by atoms with Crippen LogP contribution >= 0.6 is 0 Å². The highest BCUT2D eigenvalue weighted by molar-refractivity contribution is 5.93. The van der Waals surface area contributed by atoms with E-state index in [1.807, 2.05) is 17.0 Å². The van der Waals surface area contributed by atoms with Gasteiger partial charge in [-0.3, -0.25) is 9.59 Å². The number of benzene rings is 1. The van der Waals surface area contributed by atoms with Crippen LogP contribution in [0.4, 0.5) is 5.95 Å². The molecule has 30 heavy (non-hydrogen) atoms. The molecule has 0 bridgehead atoms. The third-order valence-electron chi connectivity index (χ3n) is 6.42. The van der Waals surface area contributed by atoms with Gasteiger partial charge < -0.3 is 16.4 Å². The van der Waals surface area contributed by atoms with E-state index in [1.54, 1.807) is 18.3 Å². The van der Waals surface area contributed by atoms with Gasteiger partial charge in [-0.15, -0.1) is 0 Å². The zero-order valence-corrected chi connectivity index (χ0v) is 17.2. The van der Waals surface area contributed by atoms with E-state index in [-0.39, 0.29) is 17.8 Å². The molecule has 1 saturated heterocycles. The number of hydrogen-bond donors (Lipinski definition) is 2. The van der Waals surface area contributed by atoms with Crippen molar-refractivity contribution in [1.29, 1.82) is 0 Å². The van der Waals surface area contributed by atoms with Gasteiger partial charge >= 0.3 is 0 Å². The van der Waals surface area contributed by atoms with Gasteiger partial charge in [-0.1, -0.05) is 25.0 Å². The predicted molar refractivity (Wildman–Crippen MR) is 116 cm³/mol. The monoisotopic (exact) mass is 407 g/mol. The van der Waals surface area contributed by atoms with Gasteiger partial charge in [-0.25, -0.2) is 9.97 Å². The summed E-state index contributed by atoms with van der Waals surface area (Å²) in [6, 6.07) is 7.11. The van der Waals surface area contributed by atoms with E-state index >= 15 is 0 Å². The summed E-state index contributed by atoms with van der Waals surface area (Å²) in [5, 5.41) is 0. The number of amides is 2. The number of nitrogens with two attached hydrogens (primary N) is 2. The van der Waals surface area contributed by atoms with E-state index in [0.717, 1.165) is 36.2 Å². The van der Waals surface area contributed by atoms with Crippen molar-refractivity contribution in [3.8, 4) is 11.1 Å². The lowest BCUT2D eigenvalue weighted by Crippen LogP contribution is -2.40. The molecule has 1 unspecified atom stereocenters. The van der Waals surface area contributed by atoms with Crippen molar-refractivity contribution in [3.05, 3.63) is 41.7 Å². The molecule has 2 aliphatic rings. The van der Waals surface area contributed by atoms with Crippen molar-refractivity contribution in [2.75, 3.05) is 18.8 Å². The van der Waals surface area contributed by atoms with Crippen LogP contribution < -0.4 is 11.5 Å². The molecule has 158 valence electrons. The number of carbonyl (C=O) groups is 2. The van der Waals surface area contributed by atoms with Crippen molar-refractivity contribution < 1.29 is 9.59 Å². The van der Waals surface area contributed by atoms with Crippen molar-refractivity contribution in [1.82, 2.24) is 14.9 Å². The van der Waals surface area contributed by atoms with E-state index in [1.165, 1.54) is 25.7 Å². The van der Waals surface area contributed by atoms with Gasteiger partial charge in [0.15, 0.2) is 0 Å². The Morgan fingerprint density at radius 2 is 1.80 bits per heavy atom. The molecule has 7 nitrogen and oxygen atoms in total. The van der Waals surface area contributed by atoms with E-state index in [2.05, 4.69) is 9.97 Å². The highest BCUT2D eigenvalue weighted by Gasteiger charge is 2.29. The third-order valence-corrected chi connectivity index (χ3v) is 6.42. The summed E-state index contributed by atoms with van der Waals surface area (Å²) in [4.78, 5) is 35.0. The minimum Gasteiger partial charge on any atom is -0.368 e. The van der Waals surface area contributed by atoms with Gasteiger partial charge in [0.2, 0.25) is 17.8 Å². The van der Waals surface area contributed by atoms with Gasteiger partial charge in [0.25, 0.3) is 0 Å². The van der Waals surface area contributed by atoms with Crippen LogP contribution in [0.2, 0.25) is 0 Å². The van der Waals surface area contributed by atoms with Crippen LogP contribution in [0.5, 0.6) is 0 Å². The standard InChI is InChI=1S/C23H29N5O2/c24-22(30)17-9-7-16(8-10-17)19-13-26-23(25)27-21(19)18-6-3-11-28(14-18)20(29)12-15-4-1-2-5-15/h7-10,13,15,18H,1-6,11-12,14H2,(H2,24,30)(H2,25,26,27). The average Bonchev–Trinajstić information content (AvgIpc) is 3.27. The Labute approximate surface area is 176 Å². The Bertz CT molecular complexity index is 922. The number of carbonyl (C=O) groups excluding carboxylic acids is 2. The molecule has 1 aliphatic heterocycles. The lowest BCUT2D eigenvalue weighted by molar-refractivity contribution is -0.133. The molecular formula is C23H29N5O2. The maximum absolute atomic E-state index is 12.9. The minimum atomic E-state index is -0.459. The lowest BCUT2D eigenvalue weighted by atomic mass is 9.89. The van der Waals surface area contributed by atoms with Crippen molar-refractivity contribution in [2.24, 2.45) is 11.7 Å². The Morgan fingerprint density at radius 1 is 1.07 bits per heavy atom. The van der Waals surface area contributed by atoms with Gasteiger partial charge in [-0.2, -0.15) is 0 Å². The molecule has 2 aromatic rings. The van der Waals surface area contributed by atoms with Crippen LogP contribution in [-0.2, 0) is 4.79 Å². The normalized spacial score (nSPS) is 19.7. The van der Waals surface area contributed by atoms with Crippen molar-refractivity contribution in [3.63, 3.8) is 0 Å². The predicted octanol–water partition coefficient (Wildman–Crippen LogP) is 3.11. The molecule has 0 radical (unpaired) electrons. The van der Waals surface area contributed by atoms with Crippen LogP contribution in [0, 0.1) is 5.92 Å². The number of nitrogens with zero attached hydrogens (tertiary/aromatic N) is 3. The molecule has 2 heterocycles. The van der Waals surface area contributed by atoms with Crippen molar-refractivity contribution in [2.45, 2.75) is 50.9 Å². The Morgan fingerprint density at radius 3 is 2.50 bits per heavy atom. The first-order valence-corrected chi connectivity index (χ1v) is 10.8. The topological polar surface area (TPSA) is 115 Å². The van der Waals surface area contributed by atoms with Crippen LogP contribution in [0.25, 0.3) is 11.1 Å². The fourth-order valence-corrected chi connectivity index (χ4v) is 4.77. The molecule has 1 aliphatic carbocycles. The zero-order valence-electron chi connectivity index (χ0n) is 17.2. The first kappa shape index (κ1) is 20.3. The number of rotatable bonds is 5. The summed E-state index contributed by atoms with van der Waals surface area (Å²) >= 11 is 0. The summed E-state index contributed by atoms with van der Waals surface area (Å²) in [7, 11) is 0. The third kappa shape index (κ3) is 4.45. The van der Waals surface area contributed by atoms with Crippen LogP contribution in [0.3, 0.4) is 0 Å². The lowest BCUT2D eigenvalue weighted by Gasteiger charge is -2.34. The van der Waals surface area contributed by atoms with Gasteiger partial charge in [0.1, 0.15) is 0 Å². The summed E-state index contributed by atoms with van der Waals surface area (Å²) in [5.41, 5.74) is 14.4. The maximum Gasteiger partial charge on any atom is 0.248 e. The van der Waals surface area contributed by atoms with Crippen LogP contribution in [-0.4, -0.2) is 39.8 Å². The number of likely N-dealkylation sites (tertiary alicyclic amines) is 1. The molecule has 1 aromatic heterocycles. The van der Waals surface area contributed by atoms with E-state index < -0.39 is 5.91 Å². The van der Waals surface area contributed by atoms with E-state index in [4.69, 9.17) is 11.5 Å². The Balaban J connectivity index is 1.55. The first-order chi connectivity index (χ1) is 14.5. The highest BCUT2D eigenvalue weighted by Crippen LogP contribution is 2.34. The summed E-state index contributed by atoms with van der Waals surface area (Å²) in [6.45, 7) is 1.47. The summed E-state index contributed by atoms with van der Waals surface area (Å²) in [5.74, 6) is 0.700.